The van der Waals surface area contributed by atoms with Crippen LogP contribution in [0.15, 0.2) is 34.3 Å². The van der Waals surface area contributed by atoms with Gasteiger partial charge in [0, 0.05) is 10.9 Å². The van der Waals surface area contributed by atoms with Crippen LogP contribution in [0.3, 0.4) is 0 Å². The minimum atomic E-state index is 0.518. The molecule has 1 atom stereocenters. The Balaban J connectivity index is 1.93. The third-order valence-corrected chi connectivity index (χ3v) is 4.36. The molecule has 0 aliphatic rings. The van der Waals surface area contributed by atoms with Crippen molar-refractivity contribution in [2.45, 2.75) is 25.8 Å². The molecule has 16 heavy (non-hydrogen) atoms. The van der Waals surface area contributed by atoms with Crippen molar-refractivity contribution in [1.82, 2.24) is 5.32 Å². The SMILES string of the molecule is CCNC(CCc1ccsc1)c1cccs1. The topological polar surface area (TPSA) is 12.0 Å². The van der Waals surface area contributed by atoms with E-state index in [9.17, 15) is 0 Å². The predicted octanol–water partition coefficient (Wildman–Crippen LogP) is 4.09. The highest BCUT2D eigenvalue weighted by atomic mass is 32.1. The zero-order valence-electron chi connectivity index (χ0n) is 9.48. The van der Waals surface area contributed by atoms with Gasteiger partial charge in [0.25, 0.3) is 0 Å². The van der Waals surface area contributed by atoms with Gasteiger partial charge < -0.3 is 5.32 Å². The van der Waals surface area contributed by atoms with Crippen LogP contribution in [0.2, 0.25) is 0 Å². The molecule has 0 aliphatic heterocycles. The van der Waals surface area contributed by atoms with Crippen molar-refractivity contribution in [2.24, 2.45) is 0 Å². The van der Waals surface area contributed by atoms with Crippen LogP contribution in [-0.4, -0.2) is 6.54 Å². The second kappa shape index (κ2) is 6.18. The molecule has 2 heterocycles. The first-order chi connectivity index (χ1) is 7.90. The van der Waals surface area contributed by atoms with Crippen molar-refractivity contribution in [3.05, 3.63) is 44.8 Å². The average Bonchev–Trinajstić information content (AvgIpc) is 2.96. The Morgan fingerprint density at radius 2 is 2.25 bits per heavy atom. The fourth-order valence-corrected chi connectivity index (χ4v) is 3.37. The van der Waals surface area contributed by atoms with E-state index >= 15 is 0 Å². The maximum Gasteiger partial charge on any atom is 0.0417 e. The van der Waals surface area contributed by atoms with Gasteiger partial charge in [-0.05, 0) is 53.2 Å². The Hall–Kier alpha value is -0.640. The van der Waals surface area contributed by atoms with Crippen LogP contribution in [0, 0.1) is 0 Å². The second-order valence-electron chi connectivity index (χ2n) is 3.80. The highest BCUT2D eigenvalue weighted by Crippen LogP contribution is 2.24. The van der Waals surface area contributed by atoms with Gasteiger partial charge in [-0.2, -0.15) is 11.3 Å². The summed E-state index contributed by atoms with van der Waals surface area (Å²) in [6, 6.07) is 7.10. The normalized spacial score (nSPS) is 12.8. The predicted molar refractivity (Wildman–Crippen MR) is 73.4 cm³/mol. The summed E-state index contributed by atoms with van der Waals surface area (Å²) in [7, 11) is 0. The number of nitrogens with one attached hydrogen (secondary N) is 1. The van der Waals surface area contributed by atoms with Crippen molar-refractivity contribution in [3.63, 3.8) is 0 Å². The lowest BCUT2D eigenvalue weighted by molar-refractivity contribution is 0.523. The molecule has 0 aliphatic carbocycles. The van der Waals surface area contributed by atoms with E-state index < -0.39 is 0 Å². The van der Waals surface area contributed by atoms with Crippen molar-refractivity contribution in [3.8, 4) is 0 Å². The lowest BCUT2D eigenvalue weighted by Gasteiger charge is -2.15. The summed E-state index contributed by atoms with van der Waals surface area (Å²) in [5.41, 5.74) is 1.46. The van der Waals surface area contributed by atoms with Gasteiger partial charge in [-0.25, -0.2) is 0 Å². The van der Waals surface area contributed by atoms with Crippen LogP contribution in [-0.2, 0) is 6.42 Å². The molecule has 0 fully saturated rings. The Labute approximate surface area is 105 Å². The van der Waals surface area contributed by atoms with Crippen LogP contribution in [0.25, 0.3) is 0 Å². The van der Waals surface area contributed by atoms with E-state index in [2.05, 4.69) is 46.6 Å². The molecule has 86 valence electrons. The summed E-state index contributed by atoms with van der Waals surface area (Å²) in [6.45, 7) is 3.21. The lowest BCUT2D eigenvalue weighted by Crippen LogP contribution is -2.20. The lowest BCUT2D eigenvalue weighted by atomic mass is 10.1. The standard InChI is InChI=1S/C13H17NS2/c1-2-14-12(13-4-3-8-16-13)6-5-11-7-9-15-10-11/h3-4,7-10,12,14H,2,5-6H2,1H3. The van der Waals surface area contributed by atoms with Gasteiger partial charge >= 0.3 is 0 Å². The first-order valence-electron chi connectivity index (χ1n) is 5.68. The molecule has 2 aromatic heterocycles. The Bertz CT molecular complexity index is 378. The summed E-state index contributed by atoms with van der Waals surface area (Å²) >= 11 is 3.63. The van der Waals surface area contributed by atoms with Gasteiger partial charge in [0.15, 0.2) is 0 Å². The third kappa shape index (κ3) is 3.17. The fraction of sp³-hybridized carbons (Fsp3) is 0.385. The van der Waals surface area contributed by atoms with Crippen LogP contribution >= 0.6 is 22.7 Å². The molecular formula is C13H17NS2. The van der Waals surface area contributed by atoms with E-state index in [0.717, 1.165) is 6.54 Å². The highest BCUT2D eigenvalue weighted by Gasteiger charge is 2.10. The first kappa shape index (κ1) is 11.8. The minimum absolute atomic E-state index is 0.518. The van der Waals surface area contributed by atoms with Crippen molar-refractivity contribution in [1.29, 1.82) is 0 Å². The van der Waals surface area contributed by atoms with Gasteiger partial charge in [-0.1, -0.05) is 13.0 Å². The molecule has 2 rings (SSSR count). The summed E-state index contributed by atoms with van der Waals surface area (Å²) in [4.78, 5) is 1.46. The van der Waals surface area contributed by atoms with Gasteiger partial charge in [0.2, 0.25) is 0 Å². The average molecular weight is 251 g/mol. The smallest absolute Gasteiger partial charge is 0.0417 e. The monoisotopic (exact) mass is 251 g/mol. The van der Waals surface area contributed by atoms with Gasteiger partial charge in [-0.15, -0.1) is 11.3 Å². The summed E-state index contributed by atoms with van der Waals surface area (Å²) < 4.78 is 0. The molecule has 1 unspecified atom stereocenters. The van der Waals surface area contributed by atoms with Crippen molar-refractivity contribution in [2.75, 3.05) is 6.54 Å². The summed E-state index contributed by atoms with van der Waals surface area (Å²) in [5, 5.41) is 10.1. The highest BCUT2D eigenvalue weighted by molar-refractivity contribution is 7.10. The fourth-order valence-electron chi connectivity index (χ4n) is 1.83. The van der Waals surface area contributed by atoms with Gasteiger partial charge in [0.05, 0.1) is 0 Å². The Morgan fingerprint density at radius 1 is 1.31 bits per heavy atom. The van der Waals surface area contributed by atoms with Crippen molar-refractivity contribution < 1.29 is 0 Å². The van der Waals surface area contributed by atoms with Crippen LogP contribution in [0.1, 0.15) is 29.8 Å². The maximum atomic E-state index is 3.56. The van der Waals surface area contributed by atoms with Crippen molar-refractivity contribution >= 4 is 22.7 Å². The number of rotatable bonds is 6. The molecule has 1 nitrogen and oxygen atoms in total. The van der Waals surface area contributed by atoms with E-state index in [1.54, 1.807) is 11.3 Å². The molecule has 0 radical (unpaired) electrons. The Kier molecular flexibility index (Phi) is 4.57. The molecule has 0 bridgehead atoms. The molecule has 0 aromatic carbocycles. The van der Waals surface area contributed by atoms with Crippen LogP contribution in [0.4, 0.5) is 0 Å². The minimum Gasteiger partial charge on any atom is -0.310 e. The van der Waals surface area contributed by atoms with Gasteiger partial charge in [0.1, 0.15) is 0 Å². The zero-order valence-corrected chi connectivity index (χ0v) is 11.1. The Morgan fingerprint density at radius 3 is 2.88 bits per heavy atom. The van der Waals surface area contributed by atoms with E-state index in [4.69, 9.17) is 0 Å². The molecule has 3 heteroatoms. The second-order valence-corrected chi connectivity index (χ2v) is 5.56. The van der Waals surface area contributed by atoms with Gasteiger partial charge in [-0.3, -0.25) is 0 Å². The molecule has 0 saturated heterocycles. The summed E-state index contributed by atoms with van der Waals surface area (Å²) in [6.07, 6.45) is 2.35. The number of hydrogen-bond acceptors (Lipinski definition) is 3. The molecule has 0 saturated carbocycles. The first-order valence-corrected chi connectivity index (χ1v) is 7.50. The largest absolute Gasteiger partial charge is 0.310 e. The van der Waals surface area contributed by atoms with E-state index in [1.165, 1.54) is 23.3 Å². The number of hydrogen-bond donors (Lipinski definition) is 1. The van der Waals surface area contributed by atoms with Crippen LogP contribution in [0.5, 0.6) is 0 Å². The zero-order chi connectivity index (χ0) is 11.2. The van der Waals surface area contributed by atoms with E-state index in [0.29, 0.717) is 6.04 Å². The summed E-state index contributed by atoms with van der Waals surface area (Å²) in [5.74, 6) is 0. The molecule has 1 N–H and O–H groups in total. The molecule has 0 spiro atoms. The van der Waals surface area contributed by atoms with E-state index in [-0.39, 0.29) is 0 Å². The quantitative estimate of drug-likeness (QED) is 0.815. The number of aryl methyl sites for hydroxylation is 1. The maximum absolute atomic E-state index is 3.56. The molecular weight excluding hydrogens is 234 g/mol. The number of thiophene rings is 2. The molecule has 0 amide bonds. The molecule has 2 aromatic rings. The third-order valence-electron chi connectivity index (χ3n) is 2.64. The van der Waals surface area contributed by atoms with Crippen LogP contribution < -0.4 is 5.32 Å². The van der Waals surface area contributed by atoms with E-state index in [1.807, 2.05) is 11.3 Å².